The van der Waals surface area contributed by atoms with Gasteiger partial charge in [-0.15, -0.1) is 0 Å². The van der Waals surface area contributed by atoms with Gasteiger partial charge in [0.1, 0.15) is 15.1 Å². The number of carbonyl (C=O) groups excluding carboxylic acids is 1. The van der Waals surface area contributed by atoms with E-state index in [-0.39, 0.29) is 20.7 Å². The number of hydrogen-bond donors (Lipinski definition) is 2. The third-order valence-corrected chi connectivity index (χ3v) is 2.67. The average Bonchev–Trinajstić information content (AvgIpc) is 2.27. The van der Waals surface area contributed by atoms with Crippen molar-refractivity contribution in [1.82, 2.24) is 0 Å². The van der Waals surface area contributed by atoms with E-state index in [4.69, 9.17) is 10.1 Å². The summed E-state index contributed by atoms with van der Waals surface area (Å²) in [5.74, 6) is -0.0869. The summed E-state index contributed by atoms with van der Waals surface area (Å²) in [6.45, 7) is 2.19. The molecule has 0 saturated heterocycles. The van der Waals surface area contributed by atoms with Crippen LogP contribution >= 0.6 is 22.6 Å². The van der Waals surface area contributed by atoms with Gasteiger partial charge in [-0.05, 0) is 61.6 Å². The Hall–Kier alpha value is -1.45. The zero-order valence-electron chi connectivity index (χ0n) is 11.7. The molecule has 0 unspecified atom stereocenters. The number of carbonyl (C=O) groups is 1. The molecule has 0 spiro atoms. The SMILES string of the molecule is CC(C)(C)OC(=O)Nc1ccc(OC(F)F)cc1C(=N)I. The first kappa shape index (κ1) is 17.6. The molecule has 8 heteroatoms. The summed E-state index contributed by atoms with van der Waals surface area (Å²) >= 11 is 1.71. The van der Waals surface area contributed by atoms with Crippen molar-refractivity contribution in [2.24, 2.45) is 0 Å². The summed E-state index contributed by atoms with van der Waals surface area (Å²) < 4.78 is 33.8. The van der Waals surface area contributed by atoms with Gasteiger partial charge in [0.15, 0.2) is 0 Å². The van der Waals surface area contributed by atoms with Crippen LogP contribution in [0.3, 0.4) is 0 Å². The van der Waals surface area contributed by atoms with Gasteiger partial charge in [0.25, 0.3) is 0 Å². The third kappa shape index (κ3) is 6.23. The molecule has 0 saturated carbocycles. The Kier molecular flexibility index (Phi) is 5.87. The number of nitrogens with one attached hydrogen (secondary N) is 2. The zero-order chi connectivity index (χ0) is 16.2. The predicted molar refractivity (Wildman–Crippen MR) is 83.8 cm³/mol. The molecule has 0 aliphatic carbocycles. The van der Waals surface area contributed by atoms with Crippen molar-refractivity contribution in [1.29, 1.82) is 5.41 Å². The quantitative estimate of drug-likeness (QED) is 0.569. The van der Waals surface area contributed by atoms with Gasteiger partial charge in [-0.2, -0.15) is 8.78 Å². The van der Waals surface area contributed by atoms with E-state index in [0.29, 0.717) is 0 Å². The highest BCUT2D eigenvalue weighted by Gasteiger charge is 2.18. The lowest BCUT2D eigenvalue weighted by Gasteiger charge is -2.20. The Morgan fingerprint density at radius 1 is 1.38 bits per heavy atom. The molecule has 21 heavy (non-hydrogen) atoms. The lowest BCUT2D eigenvalue weighted by molar-refractivity contribution is -0.0498. The average molecular weight is 412 g/mol. The molecule has 1 rings (SSSR count). The molecular weight excluding hydrogens is 397 g/mol. The number of halogens is 3. The number of amides is 1. The van der Waals surface area contributed by atoms with Gasteiger partial charge in [-0.3, -0.25) is 10.7 Å². The molecular formula is C13H15F2IN2O3. The number of hydrogen-bond acceptors (Lipinski definition) is 4. The van der Waals surface area contributed by atoms with E-state index in [0.717, 1.165) is 0 Å². The largest absolute Gasteiger partial charge is 0.444 e. The minimum atomic E-state index is -2.95. The first-order valence-electron chi connectivity index (χ1n) is 5.92. The van der Waals surface area contributed by atoms with E-state index in [9.17, 15) is 13.6 Å². The Morgan fingerprint density at radius 2 is 2.00 bits per heavy atom. The highest BCUT2D eigenvalue weighted by Crippen LogP contribution is 2.26. The molecule has 1 aromatic carbocycles. The molecule has 5 nitrogen and oxygen atoms in total. The topological polar surface area (TPSA) is 71.4 Å². The van der Waals surface area contributed by atoms with E-state index in [1.807, 2.05) is 0 Å². The van der Waals surface area contributed by atoms with Crippen LogP contribution in [-0.2, 0) is 4.74 Å². The molecule has 0 fully saturated rings. The van der Waals surface area contributed by atoms with Gasteiger partial charge in [-0.1, -0.05) is 0 Å². The predicted octanol–water partition coefficient (Wildman–Crippen LogP) is 4.40. The standard InChI is InChI=1S/C13H15F2IN2O3/c1-13(2,3)21-12(19)18-9-5-4-7(20-11(14)15)6-8(9)10(16)17/h4-6,11,17H,1-3H3,(H,18,19). The van der Waals surface area contributed by atoms with Gasteiger partial charge in [0.2, 0.25) is 0 Å². The van der Waals surface area contributed by atoms with Crippen molar-refractivity contribution < 1.29 is 23.0 Å². The van der Waals surface area contributed by atoms with Crippen molar-refractivity contribution in [2.75, 3.05) is 5.32 Å². The van der Waals surface area contributed by atoms with Gasteiger partial charge in [0, 0.05) is 5.56 Å². The number of rotatable bonds is 4. The molecule has 1 aromatic rings. The van der Waals surface area contributed by atoms with Crippen LogP contribution in [0.5, 0.6) is 5.75 Å². The fraction of sp³-hybridized carbons (Fsp3) is 0.385. The first-order valence-corrected chi connectivity index (χ1v) is 6.99. The summed E-state index contributed by atoms with van der Waals surface area (Å²) in [5.41, 5.74) is -0.120. The van der Waals surface area contributed by atoms with Crippen LogP contribution in [0.15, 0.2) is 18.2 Å². The molecule has 0 bridgehead atoms. The Labute approximate surface area is 134 Å². The lowest BCUT2D eigenvalue weighted by Crippen LogP contribution is -2.27. The summed E-state index contributed by atoms with van der Waals surface area (Å²) in [7, 11) is 0. The van der Waals surface area contributed by atoms with Crippen molar-refractivity contribution in [3.8, 4) is 5.75 Å². The second-order valence-corrected chi connectivity index (χ2v) is 6.11. The lowest BCUT2D eigenvalue weighted by atomic mass is 10.2. The summed E-state index contributed by atoms with van der Waals surface area (Å²) in [4.78, 5) is 11.7. The van der Waals surface area contributed by atoms with Crippen molar-refractivity contribution in [3.63, 3.8) is 0 Å². The van der Waals surface area contributed by atoms with Crippen LogP contribution in [0.2, 0.25) is 0 Å². The van der Waals surface area contributed by atoms with E-state index in [1.165, 1.54) is 18.2 Å². The number of alkyl halides is 2. The molecule has 0 atom stereocenters. The van der Waals surface area contributed by atoms with Crippen LogP contribution in [0.25, 0.3) is 0 Å². The molecule has 0 aliphatic rings. The van der Waals surface area contributed by atoms with Crippen LogP contribution in [0, 0.1) is 5.41 Å². The zero-order valence-corrected chi connectivity index (χ0v) is 13.8. The highest BCUT2D eigenvalue weighted by atomic mass is 127. The maximum Gasteiger partial charge on any atom is 0.412 e. The van der Waals surface area contributed by atoms with E-state index in [1.54, 1.807) is 43.4 Å². The minimum absolute atomic E-state index is 0.0679. The number of ether oxygens (including phenoxy) is 2. The third-order valence-electron chi connectivity index (χ3n) is 2.09. The normalized spacial score (nSPS) is 11.2. The second kappa shape index (κ2) is 7.01. The maximum absolute atomic E-state index is 12.2. The van der Waals surface area contributed by atoms with Crippen LogP contribution in [-0.4, -0.2) is 22.0 Å². The smallest absolute Gasteiger partial charge is 0.412 e. The Bertz CT molecular complexity index is 545. The number of benzene rings is 1. The molecule has 116 valence electrons. The highest BCUT2D eigenvalue weighted by molar-refractivity contribution is 14.1. The summed E-state index contributed by atoms with van der Waals surface area (Å²) in [6, 6.07) is 3.92. The van der Waals surface area contributed by atoms with Crippen molar-refractivity contribution >= 4 is 38.1 Å². The van der Waals surface area contributed by atoms with Crippen LogP contribution in [0.1, 0.15) is 26.3 Å². The molecule has 0 aromatic heterocycles. The van der Waals surface area contributed by atoms with Crippen LogP contribution < -0.4 is 10.1 Å². The van der Waals surface area contributed by atoms with Gasteiger partial charge in [0.05, 0.1) is 5.69 Å². The van der Waals surface area contributed by atoms with Crippen molar-refractivity contribution in [2.45, 2.75) is 33.0 Å². The minimum Gasteiger partial charge on any atom is -0.444 e. The Balaban J connectivity index is 2.96. The van der Waals surface area contributed by atoms with E-state index < -0.39 is 18.3 Å². The summed E-state index contributed by atoms with van der Waals surface area (Å²) in [5, 5.41) is 10.1. The molecule has 0 aliphatic heterocycles. The first-order chi connectivity index (χ1) is 9.58. The van der Waals surface area contributed by atoms with Crippen molar-refractivity contribution in [3.05, 3.63) is 23.8 Å². The van der Waals surface area contributed by atoms with Gasteiger partial charge in [-0.25, -0.2) is 4.79 Å². The van der Waals surface area contributed by atoms with Gasteiger partial charge >= 0.3 is 12.7 Å². The number of anilines is 1. The van der Waals surface area contributed by atoms with Crippen LogP contribution in [0.4, 0.5) is 19.3 Å². The second-order valence-electron chi connectivity index (χ2n) is 5.03. The molecule has 1 amide bonds. The molecule has 0 heterocycles. The van der Waals surface area contributed by atoms with E-state index >= 15 is 0 Å². The maximum atomic E-state index is 12.2. The molecule has 0 radical (unpaired) electrons. The van der Waals surface area contributed by atoms with Gasteiger partial charge < -0.3 is 9.47 Å². The summed E-state index contributed by atoms with van der Waals surface area (Å²) in [6.07, 6.45) is -0.691. The fourth-order valence-electron chi connectivity index (χ4n) is 1.40. The molecule has 2 N–H and O–H groups in total. The monoisotopic (exact) mass is 412 g/mol. The Morgan fingerprint density at radius 3 is 2.48 bits per heavy atom. The fourth-order valence-corrected chi connectivity index (χ4v) is 1.85. The van der Waals surface area contributed by atoms with E-state index in [2.05, 4.69) is 10.1 Å².